The van der Waals surface area contributed by atoms with Crippen molar-refractivity contribution in [3.05, 3.63) is 60.7 Å². The summed E-state index contributed by atoms with van der Waals surface area (Å²) in [4.78, 5) is 11.7. The molecule has 0 radical (unpaired) electrons. The van der Waals surface area contributed by atoms with Crippen LogP contribution in [0.4, 0.5) is 0 Å². The maximum Gasteiger partial charge on any atom is 0.323 e. The molecule has 27 heavy (non-hydrogen) atoms. The molecule has 0 unspecified atom stereocenters. The van der Waals surface area contributed by atoms with Crippen molar-refractivity contribution in [3.63, 3.8) is 0 Å². The molecule has 2 aromatic rings. The third-order valence-electron chi connectivity index (χ3n) is 4.31. The average Bonchev–Trinajstić information content (AvgIpc) is 2.68. The van der Waals surface area contributed by atoms with Crippen molar-refractivity contribution < 1.29 is 26.7 Å². The molecule has 0 saturated carbocycles. The maximum absolute atomic E-state index is 12.8. The average molecular weight is 410 g/mol. The largest absolute Gasteiger partial charge is 0.480 e. The first kappa shape index (κ1) is 19.5. The molecule has 1 atom stereocenters. The quantitative estimate of drug-likeness (QED) is 0.782. The molecular formula is C17H18N2O6S2. The zero-order chi connectivity index (χ0) is 19.7. The molecule has 1 N–H and O–H groups in total. The van der Waals surface area contributed by atoms with Crippen LogP contribution in [0.3, 0.4) is 0 Å². The van der Waals surface area contributed by atoms with Crippen LogP contribution in [0.15, 0.2) is 70.5 Å². The number of hydrogen-bond acceptors (Lipinski definition) is 5. The van der Waals surface area contributed by atoms with Crippen molar-refractivity contribution in [2.75, 3.05) is 19.6 Å². The Morgan fingerprint density at radius 2 is 1.30 bits per heavy atom. The third kappa shape index (κ3) is 3.74. The number of hydrogen-bond donors (Lipinski definition) is 1. The van der Waals surface area contributed by atoms with Crippen LogP contribution >= 0.6 is 0 Å². The lowest BCUT2D eigenvalue weighted by Crippen LogP contribution is -2.59. The molecule has 0 aromatic heterocycles. The number of sulfonamides is 2. The van der Waals surface area contributed by atoms with E-state index in [1.54, 1.807) is 36.4 Å². The van der Waals surface area contributed by atoms with Crippen LogP contribution in [0.1, 0.15) is 0 Å². The van der Waals surface area contributed by atoms with Gasteiger partial charge in [-0.25, -0.2) is 16.8 Å². The monoisotopic (exact) mass is 410 g/mol. The second kappa shape index (κ2) is 7.39. The van der Waals surface area contributed by atoms with Gasteiger partial charge in [0.2, 0.25) is 20.0 Å². The van der Waals surface area contributed by atoms with E-state index in [0.717, 1.165) is 8.61 Å². The van der Waals surface area contributed by atoms with Gasteiger partial charge in [0.05, 0.1) is 9.79 Å². The van der Waals surface area contributed by atoms with Crippen molar-refractivity contribution in [3.8, 4) is 0 Å². The minimum atomic E-state index is -4.06. The Kier molecular flexibility index (Phi) is 5.33. The molecule has 0 bridgehead atoms. The second-order valence-corrected chi connectivity index (χ2v) is 9.79. The maximum atomic E-state index is 12.8. The predicted molar refractivity (Wildman–Crippen MR) is 97.0 cm³/mol. The molecule has 2 aromatic carbocycles. The summed E-state index contributed by atoms with van der Waals surface area (Å²) in [6, 6.07) is 13.6. The van der Waals surface area contributed by atoms with Gasteiger partial charge in [-0.2, -0.15) is 8.61 Å². The lowest BCUT2D eigenvalue weighted by molar-refractivity contribution is -0.142. The van der Waals surface area contributed by atoms with Crippen LogP contribution in [0.5, 0.6) is 0 Å². The molecule has 1 aliphatic heterocycles. The van der Waals surface area contributed by atoms with Gasteiger partial charge in [-0.3, -0.25) is 4.79 Å². The molecule has 10 heteroatoms. The highest BCUT2D eigenvalue weighted by molar-refractivity contribution is 7.89. The summed E-state index contributed by atoms with van der Waals surface area (Å²) < 4.78 is 53.0. The van der Waals surface area contributed by atoms with Crippen LogP contribution in [0, 0.1) is 0 Å². The molecule has 1 aliphatic rings. The highest BCUT2D eigenvalue weighted by Crippen LogP contribution is 2.25. The second-order valence-electron chi connectivity index (χ2n) is 5.96. The molecular weight excluding hydrogens is 392 g/mol. The number of benzene rings is 2. The first-order valence-electron chi connectivity index (χ1n) is 8.09. The minimum absolute atomic E-state index is 0.0318. The SMILES string of the molecule is O=C(O)[C@H]1CN(S(=O)(=O)c2ccccc2)CCN1S(=O)(=O)c1ccccc1. The van der Waals surface area contributed by atoms with Crippen LogP contribution in [0.2, 0.25) is 0 Å². The smallest absolute Gasteiger partial charge is 0.323 e. The van der Waals surface area contributed by atoms with Crippen LogP contribution in [0.25, 0.3) is 0 Å². The first-order valence-corrected chi connectivity index (χ1v) is 11.0. The van der Waals surface area contributed by atoms with E-state index >= 15 is 0 Å². The van der Waals surface area contributed by atoms with E-state index < -0.39 is 38.6 Å². The van der Waals surface area contributed by atoms with Gasteiger partial charge in [0.1, 0.15) is 6.04 Å². The molecule has 144 valence electrons. The molecule has 1 fully saturated rings. The molecule has 1 saturated heterocycles. The molecule has 1 heterocycles. The molecule has 3 rings (SSSR count). The van der Waals surface area contributed by atoms with Crippen molar-refractivity contribution >= 4 is 26.0 Å². The van der Waals surface area contributed by atoms with E-state index in [9.17, 15) is 26.7 Å². The van der Waals surface area contributed by atoms with E-state index in [1.807, 2.05) is 0 Å². The normalized spacial score (nSPS) is 19.6. The summed E-state index contributed by atoms with van der Waals surface area (Å²) in [6.45, 7) is -0.841. The number of aliphatic carboxylic acids is 1. The summed E-state index contributed by atoms with van der Waals surface area (Å²) in [5.41, 5.74) is 0. The van der Waals surface area contributed by atoms with Crippen LogP contribution in [-0.2, 0) is 24.8 Å². The Labute approximate surface area is 157 Å². The summed E-state index contributed by atoms with van der Waals surface area (Å²) >= 11 is 0. The number of nitrogens with zero attached hydrogens (tertiary/aromatic N) is 2. The predicted octanol–water partition coefficient (Wildman–Crippen LogP) is 0.835. The van der Waals surface area contributed by atoms with Crippen molar-refractivity contribution in [2.45, 2.75) is 15.8 Å². The van der Waals surface area contributed by atoms with Crippen molar-refractivity contribution in [1.29, 1.82) is 0 Å². The molecule has 8 nitrogen and oxygen atoms in total. The molecule has 0 aliphatic carbocycles. The van der Waals surface area contributed by atoms with E-state index in [-0.39, 0.29) is 22.9 Å². The van der Waals surface area contributed by atoms with Crippen LogP contribution < -0.4 is 0 Å². The Hall–Kier alpha value is -2.27. The Morgan fingerprint density at radius 1 is 0.815 bits per heavy atom. The summed E-state index contributed by atoms with van der Waals surface area (Å²) in [6.07, 6.45) is 0. The lowest BCUT2D eigenvalue weighted by atomic mass is 10.2. The lowest BCUT2D eigenvalue weighted by Gasteiger charge is -2.37. The van der Waals surface area contributed by atoms with Gasteiger partial charge in [0.25, 0.3) is 0 Å². The fourth-order valence-corrected chi connectivity index (χ4v) is 5.96. The topological polar surface area (TPSA) is 112 Å². The van der Waals surface area contributed by atoms with Crippen LogP contribution in [-0.4, -0.2) is 62.2 Å². The minimum Gasteiger partial charge on any atom is -0.480 e. The van der Waals surface area contributed by atoms with Crippen molar-refractivity contribution in [1.82, 2.24) is 8.61 Å². The number of carbonyl (C=O) groups is 1. The van der Waals surface area contributed by atoms with Gasteiger partial charge in [-0.15, -0.1) is 0 Å². The van der Waals surface area contributed by atoms with Gasteiger partial charge in [-0.1, -0.05) is 36.4 Å². The zero-order valence-corrected chi connectivity index (χ0v) is 15.8. The Balaban J connectivity index is 1.92. The van der Waals surface area contributed by atoms with E-state index in [4.69, 9.17) is 0 Å². The zero-order valence-electron chi connectivity index (χ0n) is 14.2. The van der Waals surface area contributed by atoms with Gasteiger partial charge in [0, 0.05) is 19.6 Å². The number of rotatable bonds is 5. The summed E-state index contributed by atoms with van der Waals surface area (Å²) in [5.74, 6) is -1.40. The van der Waals surface area contributed by atoms with Gasteiger partial charge in [0.15, 0.2) is 0 Å². The number of carboxylic acids is 1. The van der Waals surface area contributed by atoms with E-state index in [2.05, 4.69) is 0 Å². The summed E-state index contributed by atoms with van der Waals surface area (Å²) in [7, 11) is -7.97. The van der Waals surface area contributed by atoms with Crippen molar-refractivity contribution in [2.24, 2.45) is 0 Å². The van der Waals surface area contributed by atoms with E-state index in [0.29, 0.717) is 0 Å². The number of piperazine rings is 1. The molecule has 0 spiro atoms. The van der Waals surface area contributed by atoms with Gasteiger partial charge < -0.3 is 5.11 Å². The van der Waals surface area contributed by atoms with E-state index in [1.165, 1.54) is 24.3 Å². The Morgan fingerprint density at radius 3 is 1.78 bits per heavy atom. The fourth-order valence-electron chi connectivity index (χ4n) is 2.92. The first-order chi connectivity index (χ1) is 12.7. The van der Waals surface area contributed by atoms with Gasteiger partial charge >= 0.3 is 5.97 Å². The van der Waals surface area contributed by atoms with Gasteiger partial charge in [-0.05, 0) is 24.3 Å². The highest BCUT2D eigenvalue weighted by atomic mass is 32.2. The molecule has 0 amide bonds. The standard InChI is InChI=1S/C17H18N2O6S2/c20-17(21)16-13-18(26(22,23)14-7-3-1-4-8-14)11-12-19(16)27(24,25)15-9-5-2-6-10-15/h1-10,16H,11-13H2,(H,20,21)/t16-/m1/s1. The Bertz CT molecular complexity index is 1020. The third-order valence-corrected chi connectivity index (χ3v) is 8.11. The fraction of sp³-hybridized carbons (Fsp3) is 0.235. The number of carboxylic acid groups (broad SMARTS) is 1. The highest BCUT2D eigenvalue weighted by Gasteiger charge is 2.43. The summed E-state index contributed by atoms with van der Waals surface area (Å²) in [5, 5.41) is 9.55.